The van der Waals surface area contributed by atoms with Crippen molar-refractivity contribution in [2.75, 3.05) is 26.9 Å². The minimum absolute atomic E-state index is 0.00880. The SMILES string of the molecule is COC[C@H](c1cnn2cc([C@H](COC(C)(C)C(F)(F)F)NC(=O)[C@@H]3C[C@H]3C(F)(F)F)nc2c1)N1C[C@@H](C(F)(F)F)NC1=O. The standard InChI is InChI=1S/C24H27F9N6O4/c1-21(2,24(31,32)33)43-9-15(36-19(40)12-5-13(12)22(25,26)27)14-7-39-18(35-14)4-11(6-34-39)16(10-42-3)38-8-17(23(28,29)30)37-20(38)41/h4,6-7,12-13,15-17H,5,8-10H2,1-3H3,(H,36,40)(H,37,41)/t12-,13-,15+,16-,17+/m1/s1. The summed E-state index contributed by atoms with van der Waals surface area (Å²) in [4.78, 5) is 30.1. The normalized spacial score (nSPS) is 22.9. The Morgan fingerprint density at radius 3 is 2.33 bits per heavy atom. The molecule has 0 bridgehead atoms. The van der Waals surface area contributed by atoms with Crippen LogP contribution in [0.1, 0.15) is 43.6 Å². The Kier molecular flexibility index (Phi) is 8.55. The number of methoxy groups -OCH3 is 1. The van der Waals surface area contributed by atoms with E-state index >= 15 is 0 Å². The molecule has 0 radical (unpaired) electrons. The first-order chi connectivity index (χ1) is 19.7. The molecule has 0 aromatic carbocycles. The number of hydrogen-bond acceptors (Lipinski definition) is 6. The molecule has 19 heteroatoms. The average molecular weight is 635 g/mol. The summed E-state index contributed by atoms with van der Waals surface area (Å²) >= 11 is 0. The third kappa shape index (κ3) is 7.08. The summed E-state index contributed by atoms with van der Waals surface area (Å²) in [6, 6.07) is -4.26. The topological polar surface area (TPSA) is 110 Å². The fraction of sp³-hybridized carbons (Fsp3) is 0.667. The van der Waals surface area contributed by atoms with Gasteiger partial charge in [-0.2, -0.15) is 44.6 Å². The molecule has 2 aromatic heterocycles. The van der Waals surface area contributed by atoms with Gasteiger partial charge in [0.15, 0.2) is 11.2 Å². The van der Waals surface area contributed by atoms with E-state index in [1.165, 1.54) is 25.6 Å². The van der Waals surface area contributed by atoms with Gasteiger partial charge in [-0.1, -0.05) is 0 Å². The summed E-state index contributed by atoms with van der Waals surface area (Å²) in [5.74, 6) is -4.36. The Balaban J connectivity index is 1.61. The van der Waals surface area contributed by atoms with E-state index in [9.17, 15) is 49.1 Å². The number of hydrogen-bond donors (Lipinski definition) is 2. The van der Waals surface area contributed by atoms with Gasteiger partial charge in [0.2, 0.25) is 5.91 Å². The predicted octanol–water partition coefficient (Wildman–Crippen LogP) is 4.09. The number of fused-ring (bicyclic) bond motifs is 1. The van der Waals surface area contributed by atoms with Gasteiger partial charge in [0.05, 0.1) is 61.8 Å². The number of halogens is 9. The molecule has 2 aromatic rings. The second-order valence-corrected chi connectivity index (χ2v) is 10.8. The molecular weight excluding hydrogens is 607 g/mol. The minimum atomic E-state index is -4.82. The maximum absolute atomic E-state index is 13.4. The number of amides is 3. The number of carbonyl (C=O) groups excluding carboxylic acids is 2. The van der Waals surface area contributed by atoms with Crippen molar-refractivity contribution < 1.29 is 58.6 Å². The summed E-state index contributed by atoms with van der Waals surface area (Å²) in [6.45, 7) is -0.307. The molecule has 1 aliphatic carbocycles. The number of nitrogens with zero attached hydrogens (tertiary/aromatic N) is 4. The van der Waals surface area contributed by atoms with Gasteiger partial charge in [0.1, 0.15) is 6.04 Å². The molecule has 2 N–H and O–H groups in total. The van der Waals surface area contributed by atoms with E-state index in [1.807, 2.05) is 5.32 Å². The van der Waals surface area contributed by atoms with Crippen LogP contribution in [-0.4, -0.2) is 88.5 Å². The first-order valence-corrected chi connectivity index (χ1v) is 12.8. The lowest BCUT2D eigenvalue weighted by molar-refractivity contribution is -0.265. The number of urea groups is 1. The van der Waals surface area contributed by atoms with Crippen LogP contribution < -0.4 is 10.6 Å². The average Bonchev–Trinajstić information content (AvgIpc) is 3.45. The highest BCUT2D eigenvalue weighted by Gasteiger charge is 2.59. The van der Waals surface area contributed by atoms with Gasteiger partial charge in [0.25, 0.3) is 0 Å². The summed E-state index contributed by atoms with van der Waals surface area (Å²) in [5, 5.41) is 8.24. The van der Waals surface area contributed by atoms with Crippen molar-refractivity contribution in [1.82, 2.24) is 30.1 Å². The molecule has 1 aliphatic heterocycles. The van der Waals surface area contributed by atoms with Crippen LogP contribution >= 0.6 is 0 Å². The quantitative estimate of drug-likeness (QED) is 0.382. The number of nitrogens with one attached hydrogen (secondary N) is 2. The molecule has 0 spiro atoms. The molecule has 3 heterocycles. The van der Waals surface area contributed by atoms with Gasteiger partial charge in [-0.15, -0.1) is 0 Å². The number of alkyl halides is 9. The molecule has 1 saturated heterocycles. The molecular formula is C24H27F9N6O4. The van der Waals surface area contributed by atoms with Crippen LogP contribution in [-0.2, 0) is 14.3 Å². The van der Waals surface area contributed by atoms with E-state index in [4.69, 9.17) is 9.47 Å². The van der Waals surface area contributed by atoms with E-state index in [0.29, 0.717) is 0 Å². The zero-order chi connectivity index (χ0) is 32.1. The maximum Gasteiger partial charge on any atom is 0.416 e. The molecule has 5 atom stereocenters. The summed E-state index contributed by atoms with van der Waals surface area (Å²) in [5.41, 5.74) is -2.59. The highest BCUT2D eigenvalue weighted by atomic mass is 19.4. The fourth-order valence-corrected chi connectivity index (χ4v) is 4.50. The Bertz CT molecular complexity index is 1340. The van der Waals surface area contributed by atoms with Gasteiger partial charge in [0, 0.05) is 12.7 Å². The highest BCUT2D eigenvalue weighted by Crippen LogP contribution is 2.50. The van der Waals surface area contributed by atoms with Crippen LogP contribution in [0, 0.1) is 11.8 Å². The van der Waals surface area contributed by atoms with Crippen molar-refractivity contribution in [2.45, 2.75) is 62.5 Å². The van der Waals surface area contributed by atoms with Crippen molar-refractivity contribution in [1.29, 1.82) is 0 Å². The fourth-order valence-electron chi connectivity index (χ4n) is 4.50. The maximum atomic E-state index is 13.4. The number of imidazole rings is 1. The molecule has 10 nitrogen and oxygen atoms in total. The van der Waals surface area contributed by atoms with Gasteiger partial charge >= 0.3 is 24.6 Å². The molecule has 3 amide bonds. The number of carbonyl (C=O) groups is 2. The highest BCUT2D eigenvalue weighted by molar-refractivity contribution is 5.82. The van der Waals surface area contributed by atoms with Crippen molar-refractivity contribution in [3.8, 4) is 0 Å². The van der Waals surface area contributed by atoms with Gasteiger partial charge in [-0.05, 0) is 26.3 Å². The molecule has 240 valence electrons. The smallest absolute Gasteiger partial charge is 0.382 e. The zero-order valence-corrected chi connectivity index (χ0v) is 22.8. The second-order valence-electron chi connectivity index (χ2n) is 10.8. The molecule has 2 fully saturated rings. The third-order valence-corrected chi connectivity index (χ3v) is 7.29. The van der Waals surface area contributed by atoms with E-state index in [2.05, 4.69) is 15.4 Å². The van der Waals surface area contributed by atoms with E-state index in [0.717, 1.165) is 23.3 Å². The third-order valence-electron chi connectivity index (χ3n) is 7.29. The van der Waals surface area contributed by atoms with E-state index < -0.39 is 85.6 Å². The van der Waals surface area contributed by atoms with Crippen molar-refractivity contribution >= 4 is 17.6 Å². The van der Waals surface area contributed by atoms with Crippen LogP contribution in [0.3, 0.4) is 0 Å². The summed E-state index contributed by atoms with van der Waals surface area (Å²) < 4.78 is 130. The Hall–Kier alpha value is -3.35. The lowest BCUT2D eigenvalue weighted by Crippen LogP contribution is -2.44. The Labute approximate surface area is 237 Å². The number of aromatic nitrogens is 3. The predicted molar refractivity (Wildman–Crippen MR) is 127 cm³/mol. The number of ether oxygens (including phenoxy) is 2. The lowest BCUT2D eigenvalue weighted by atomic mass is 10.1. The van der Waals surface area contributed by atoms with Crippen LogP contribution in [0.25, 0.3) is 5.65 Å². The van der Waals surface area contributed by atoms with Crippen LogP contribution in [0.2, 0.25) is 0 Å². The molecule has 2 aliphatic rings. The van der Waals surface area contributed by atoms with Gasteiger partial charge in [-0.3, -0.25) is 4.79 Å². The Morgan fingerprint density at radius 2 is 1.79 bits per heavy atom. The van der Waals surface area contributed by atoms with Gasteiger partial charge < -0.3 is 25.0 Å². The molecule has 4 rings (SSSR count). The van der Waals surface area contributed by atoms with E-state index in [-0.39, 0.29) is 23.5 Å². The van der Waals surface area contributed by atoms with E-state index in [1.54, 1.807) is 0 Å². The van der Waals surface area contributed by atoms with Crippen molar-refractivity contribution in [3.63, 3.8) is 0 Å². The lowest BCUT2D eigenvalue weighted by Gasteiger charge is -2.30. The molecule has 0 unspecified atom stereocenters. The van der Waals surface area contributed by atoms with Crippen LogP contribution in [0.5, 0.6) is 0 Å². The molecule has 1 saturated carbocycles. The zero-order valence-electron chi connectivity index (χ0n) is 22.8. The first kappa shape index (κ1) is 32.6. The first-order valence-electron chi connectivity index (χ1n) is 12.8. The Morgan fingerprint density at radius 1 is 1.12 bits per heavy atom. The van der Waals surface area contributed by atoms with Crippen LogP contribution in [0.4, 0.5) is 44.3 Å². The van der Waals surface area contributed by atoms with Gasteiger partial charge in [-0.25, -0.2) is 14.3 Å². The second kappa shape index (κ2) is 11.3. The van der Waals surface area contributed by atoms with Crippen LogP contribution in [0.15, 0.2) is 18.5 Å². The molecule has 43 heavy (non-hydrogen) atoms. The number of rotatable bonds is 10. The minimum Gasteiger partial charge on any atom is -0.382 e. The van der Waals surface area contributed by atoms with Crippen molar-refractivity contribution in [2.24, 2.45) is 11.8 Å². The largest absolute Gasteiger partial charge is 0.416 e. The monoisotopic (exact) mass is 634 g/mol. The summed E-state index contributed by atoms with van der Waals surface area (Å²) in [7, 11) is 1.26. The van der Waals surface area contributed by atoms with Crippen molar-refractivity contribution in [3.05, 3.63) is 29.7 Å². The summed E-state index contributed by atoms with van der Waals surface area (Å²) in [6.07, 6.45) is -12.2.